The molecule has 0 radical (unpaired) electrons. The Balaban J connectivity index is 1.58. The summed E-state index contributed by atoms with van der Waals surface area (Å²) in [7, 11) is 0. The van der Waals surface area contributed by atoms with Crippen molar-refractivity contribution >= 4 is 23.4 Å². The first kappa shape index (κ1) is 15.3. The second-order valence-electron chi connectivity index (χ2n) is 5.92. The lowest BCUT2D eigenvalue weighted by Gasteiger charge is -2.31. The van der Waals surface area contributed by atoms with Gasteiger partial charge in [0.1, 0.15) is 0 Å². The minimum absolute atomic E-state index is 0.329. The molecule has 6 heteroatoms. The van der Waals surface area contributed by atoms with Gasteiger partial charge in [-0.25, -0.2) is 4.79 Å². The fraction of sp³-hybridized carbons (Fsp3) is 0.353. The van der Waals surface area contributed by atoms with Gasteiger partial charge >= 0.3 is 6.03 Å². The number of hydrogen-bond acceptors (Lipinski definition) is 4. The van der Waals surface area contributed by atoms with E-state index in [9.17, 15) is 4.79 Å². The molecule has 0 spiro atoms. The van der Waals surface area contributed by atoms with Crippen molar-refractivity contribution in [3.8, 4) is 0 Å². The molecule has 1 atom stereocenters. The van der Waals surface area contributed by atoms with Gasteiger partial charge in [-0.3, -0.25) is 5.32 Å². The topological polar surface area (TPSA) is 70.2 Å². The molecule has 0 saturated carbocycles. The number of benzene rings is 1. The lowest BCUT2D eigenvalue weighted by molar-refractivity contribution is 0.262. The van der Waals surface area contributed by atoms with E-state index in [0.29, 0.717) is 11.7 Å². The molecule has 1 aromatic carbocycles. The Morgan fingerprint density at radius 1 is 1.13 bits per heavy atom. The van der Waals surface area contributed by atoms with Crippen molar-refractivity contribution < 1.29 is 4.79 Å². The third-order valence-corrected chi connectivity index (χ3v) is 3.90. The minimum atomic E-state index is -0.329. The van der Waals surface area contributed by atoms with Crippen LogP contribution in [0.5, 0.6) is 0 Å². The van der Waals surface area contributed by atoms with Gasteiger partial charge in [0, 0.05) is 18.8 Å². The lowest BCUT2D eigenvalue weighted by atomic mass is 10.0. The molecule has 1 fully saturated rings. The van der Waals surface area contributed by atoms with Crippen LogP contribution in [0.2, 0.25) is 0 Å². The van der Waals surface area contributed by atoms with Crippen LogP contribution < -0.4 is 15.5 Å². The summed E-state index contributed by atoms with van der Waals surface area (Å²) in [6.07, 6.45) is 2.45. The summed E-state index contributed by atoms with van der Waals surface area (Å²) < 4.78 is 0. The van der Waals surface area contributed by atoms with Crippen LogP contribution in [0.3, 0.4) is 0 Å². The molecule has 1 unspecified atom stereocenters. The molecule has 1 aliphatic heterocycles. The second kappa shape index (κ2) is 7.09. The maximum atomic E-state index is 11.9. The third kappa shape index (κ3) is 4.18. The van der Waals surface area contributed by atoms with Crippen LogP contribution in [0.15, 0.2) is 42.5 Å². The fourth-order valence-electron chi connectivity index (χ4n) is 2.76. The molecule has 1 aromatic heterocycles. The molecule has 6 nitrogen and oxygen atoms in total. The molecule has 2 N–H and O–H groups in total. The first-order valence-electron chi connectivity index (χ1n) is 7.92. The van der Waals surface area contributed by atoms with E-state index in [1.807, 2.05) is 36.4 Å². The lowest BCUT2D eigenvalue weighted by Crippen LogP contribution is -2.35. The van der Waals surface area contributed by atoms with Crippen LogP contribution in [0, 0.1) is 5.92 Å². The van der Waals surface area contributed by atoms with E-state index in [-0.39, 0.29) is 6.03 Å². The zero-order chi connectivity index (χ0) is 16.1. The van der Waals surface area contributed by atoms with Gasteiger partial charge < -0.3 is 10.2 Å². The summed E-state index contributed by atoms with van der Waals surface area (Å²) in [4.78, 5) is 14.2. The molecule has 2 amide bonds. The van der Waals surface area contributed by atoms with E-state index < -0.39 is 0 Å². The summed E-state index contributed by atoms with van der Waals surface area (Å²) in [5.74, 6) is 1.98. The number of rotatable bonds is 3. The zero-order valence-electron chi connectivity index (χ0n) is 13.2. The van der Waals surface area contributed by atoms with E-state index in [1.54, 1.807) is 6.07 Å². The number of urea groups is 1. The van der Waals surface area contributed by atoms with Crippen molar-refractivity contribution in [3.63, 3.8) is 0 Å². The van der Waals surface area contributed by atoms with Crippen molar-refractivity contribution in [2.24, 2.45) is 5.92 Å². The number of aromatic nitrogens is 2. The smallest absolute Gasteiger partial charge is 0.324 e. The normalized spacial score (nSPS) is 17.6. The van der Waals surface area contributed by atoms with Crippen molar-refractivity contribution in [1.29, 1.82) is 0 Å². The standard InChI is InChI=1S/C17H21N5O/c1-13-6-5-11-22(12-13)16-10-9-15(20-21-16)19-17(23)18-14-7-3-2-4-8-14/h2-4,7-10,13H,5-6,11-12H2,1H3,(H2,18,19,20,23). The van der Waals surface area contributed by atoms with Gasteiger partial charge in [-0.15, -0.1) is 10.2 Å². The van der Waals surface area contributed by atoms with Gasteiger partial charge in [-0.1, -0.05) is 25.1 Å². The van der Waals surface area contributed by atoms with E-state index in [2.05, 4.69) is 32.7 Å². The van der Waals surface area contributed by atoms with Crippen LogP contribution >= 0.6 is 0 Å². The quantitative estimate of drug-likeness (QED) is 0.912. The molecule has 2 aromatic rings. The monoisotopic (exact) mass is 311 g/mol. The predicted molar refractivity (Wildman–Crippen MR) is 91.7 cm³/mol. The number of carbonyl (C=O) groups excluding carboxylic acids is 1. The van der Waals surface area contributed by atoms with Crippen molar-refractivity contribution in [3.05, 3.63) is 42.5 Å². The van der Waals surface area contributed by atoms with Crippen LogP contribution in [0.25, 0.3) is 0 Å². The highest BCUT2D eigenvalue weighted by Crippen LogP contribution is 2.21. The molecule has 23 heavy (non-hydrogen) atoms. The van der Waals surface area contributed by atoms with Crippen molar-refractivity contribution in [1.82, 2.24) is 10.2 Å². The Morgan fingerprint density at radius 3 is 2.65 bits per heavy atom. The number of carbonyl (C=O) groups is 1. The first-order valence-corrected chi connectivity index (χ1v) is 7.92. The predicted octanol–water partition coefficient (Wildman–Crippen LogP) is 3.36. The largest absolute Gasteiger partial charge is 0.355 e. The Morgan fingerprint density at radius 2 is 1.96 bits per heavy atom. The number of nitrogens with zero attached hydrogens (tertiary/aromatic N) is 3. The van der Waals surface area contributed by atoms with Crippen molar-refractivity contribution in [2.45, 2.75) is 19.8 Å². The van der Waals surface area contributed by atoms with Gasteiger partial charge in [0.2, 0.25) is 0 Å². The number of para-hydroxylation sites is 1. The van der Waals surface area contributed by atoms with E-state index in [1.165, 1.54) is 12.8 Å². The molecular weight excluding hydrogens is 290 g/mol. The number of amides is 2. The van der Waals surface area contributed by atoms with Crippen LogP contribution in [0.4, 0.5) is 22.1 Å². The Hall–Kier alpha value is -2.63. The van der Waals surface area contributed by atoms with Crippen LogP contribution in [-0.2, 0) is 0 Å². The maximum Gasteiger partial charge on any atom is 0.324 e. The Bertz CT molecular complexity index is 644. The molecule has 3 rings (SSSR count). The highest BCUT2D eigenvalue weighted by molar-refractivity contribution is 5.99. The van der Waals surface area contributed by atoms with Gasteiger partial charge in [0.05, 0.1) is 0 Å². The molecule has 0 bridgehead atoms. The number of anilines is 3. The van der Waals surface area contributed by atoms with Gasteiger partial charge in [0.25, 0.3) is 0 Å². The Labute approximate surface area is 135 Å². The third-order valence-electron chi connectivity index (χ3n) is 3.90. The number of piperidine rings is 1. The highest BCUT2D eigenvalue weighted by atomic mass is 16.2. The summed E-state index contributed by atoms with van der Waals surface area (Å²) >= 11 is 0. The zero-order valence-corrected chi connectivity index (χ0v) is 13.2. The Kier molecular flexibility index (Phi) is 4.71. The van der Waals surface area contributed by atoms with Gasteiger partial charge in [0.15, 0.2) is 11.6 Å². The average molecular weight is 311 g/mol. The molecule has 120 valence electrons. The fourth-order valence-corrected chi connectivity index (χ4v) is 2.76. The van der Waals surface area contributed by atoms with Crippen LogP contribution in [0.1, 0.15) is 19.8 Å². The molecule has 2 heterocycles. The van der Waals surface area contributed by atoms with E-state index >= 15 is 0 Å². The van der Waals surface area contributed by atoms with Crippen LogP contribution in [-0.4, -0.2) is 29.3 Å². The maximum absolute atomic E-state index is 11.9. The van der Waals surface area contributed by atoms with Gasteiger partial charge in [-0.2, -0.15) is 0 Å². The van der Waals surface area contributed by atoms with E-state index in [0.717, 1.165) is 24.6 Å². The highest BCUT2D eigenvalue weighted by Gasteiger charge is 2.17. The number of nitrogens with one attached hydrogen (secondary N) is 2. The SMILES string of the molecule is CC1CCCN(c2ccc(NC(=O)Nc3ccccc3)nn2)C1. The molecule has 1 saturated heterocycles. The molecule has 0 aliphatic carbocycles. The van der Waals surface area contributed by atoms with Gasteiger partial charge in [-0.05, 0) is 43.0 Å². The summed E-state index contributed by atoms with van der Waals surface area (Å²) in [6, 6.07) is 12.6. The van der Waals surface area contributed by atoms with E-state index in [4.69, 9.17) is 0 Å². The summed E-state index contributed by atoms with van der Waals surface area (Å²) in [6.45, 7) is 4.28. The molecule has 1 aliphatic rings. The molecular formula is C17H21N5O. The summed E-state index contributed by atoms with van der Waals surface area (Å²) in [5.41, 5.74) is 0.733. The first-order chi connectivity index (χ1) is 11.2. The number of hydrogen-bond donors (Lipinski definition) is 2. The second-order valence-corrected chi connectivity index (χ2v) is 5.92. The summed E-state index contributed by atoms with van der Waals surface area (Å²) in [5, 5.41) is 13.8. The minimum Gasteiger partial charge on any atom is -0.355 e. The average Bonchev–Trinajstić information content (AvgIpc) is 2.56. The van der Waals surface area contributed by atoms with Crippen molar-refractivity contribution in [2.75, 3.05) is 28.6 Å².